The standard InChI is InChI=1S/C21H25N5O6S/c1-25-21(6-8-22-9-7-21)16(11-33(25,31)32)23-12-2-3-13-14(10-12)20(30)26(19(13)29)15-4-5-17(27)24-18(15)28/h2-3,10,15-16,22-23H,4-9,11H2,1H3,(H,24,27,28). The summed E-state index contributed by atoms with van der Waals surface area (Å²) >= 11 is 0. The first-order valence-electron chi connectivity index (χ1n) is 10.9. The molecule has 0 saturated carbocycles. The van der Waals surface area contributed by atoms with E-state index in [2.05, 4.69) is 16.0 Å². The highest BCUT2D eigenvalue weighted by Gasteiger charge is 2.55. The van der Waals surface area contributed by atoms with Crippen LogP contribution in [0.5, 0.6) is 0 Å². The molecule has 2 atom stereocenters. The molecule has 1 spiro atoms. The number of nitrogens with one attached hydrogen (secondary N) is 3. The van der Waals surface area contributed by atoms with Crippen LogP contribution in [0, 0.1) is 0 Å². The van der Waals surface area contributed by atoms with Crippen LogP contribution < -0.4 is 16.0 Å². The normalized spacial score (nSPS) is 28.8. The van der Waals surface area contributed by atoms with E-state index in [1.165, 1.54) is 10.4 Å². The Labute approximate surface area is 190 Å². The van der Waals surface area contributed by atoms with E-state index in [0.29, 0.717) is 31.6 Å². The molecule has 33 heavy (non-hydrogen) atoms. The number of rotatable bonds is 3. The summed E-state index contributed by atoms with van der Waals surface area (Å²) in [5.41, 5.74) is 0.307. The number of benzene rings is 1. The zero-order valence-corrected chi connectivity index (χ0v) is 18.9. The molecule has 3 saturated heterocycles. The molecule has 4 heterocycles. The van der Waals surface area contributed by atoms with Crippen LogP contribution in [0.25, 0.3) is 0 Å². The maximum absolute atomic E-state index is 13.1. The van der Waals surface area contributed by atoms with Gasteiger partial charge in [0.25, 0.3) is 11.8 Å². The van der Waals surface area contributed by atoms with E-state index < -0.39 is 45.2 Å². The van der Waals surface area contributed by atoms with Crippen molar-refractivity contribution in [3.05, 3.63) is 29.3 Å². The second kappa shape index (κ2) is 7.61. The zero-order valence-electron chi connectivity index (χ0n) is 18.1. The number of imide groups is 2. The molecule has 0 bridgehead atoms. The van der Waals surface area contributed by atoms with Gasteiger partial charge in [-0.05, 0) is 50.6 Å². The highest BCUT2D eigenvalue weighted by Crippen LogP contribution is 2.40. The number of nitrogens with zero attached hydrogens (tertiary/aromatic N) is 2. The first-order chi connectivity index (χ1) is 15.6. The number of carbonyl (C=O) groups is 4. The predicted octanol–water partition coefficient (Wildman–Crippen LogP) is -0.734. The number of sulfonamides is 1. The van der Waals surface area contributed by atoms with E-state index in [4.69, 9.17) is 0 Å². The second-order valence-corrected chi connectivity index (χ2v) is 11.0. The molecule has 4 aliphatic heterocycles. The second-order valence-electron chi connectivity index (χ2n) is 9.00. The van der Waals surface area contributed by atoms with Crippen molar-refractivity contribution in [3.8, 4) is 0 Å². The number of piperidine rings is 2. The van der Waals surface area contributed by atoms with Gasteiger partial charge in [0.05, 0.1) is 28.5 Å². The first kappa shape index (κ1) is 22.0. The Balaban J connectivity index is 1.42. The SMILES string of the molecule is CN1C2(CCNCC2)C(Nc2ccc3c(c2)C(=O)N(C2CCC(=O)NC2=O)C3=O)CS1(=O)=O. The van der Waals surface area contributed by atoms with Crippen LogP contribution in [0.3, 0.4) is 0 Å². The molecular weight excluding hydrogens is 450 g/mol. The summed E-state index contributed by atoms with van der Waals surface area (Å²) in [4.78, 5) is 50.6. The minimum atomic E-state index is -3.43. The molecule has 1 aromatic carbocycles. The largest absolute Gasteiger partial charge is 0.379 e. The Morgan fingerprint density at radius 3 is 2.45 bits per heavy atom. The number of hydrogen-bond donors (Lipinski definition) is 3. The molecular formula is C21H25N5O6S. The van der Waals surface area contributed by atoms with Gasteiger partial charge in [0.2, 0.25) is 21.8 Å². The highest BCUT2D eigenvalue weighted by atomic mass is 32.2. The molecule has 0 aromatic heterocycles. The smallest absolute Gasteiger partial charge is 0.262 e. The fourth-order valence-corrected chi connectivity index (χ4v) is 7.34. The van der Waals surface area contributed by atoms with E-state index in [9.17, 15) is 27.6 Å². The maximum atomic E-state index is 13.1. The molecule has 0 radical (unpaired) electrons. The molecule has 4 amide bonds. The third kappa shape index (κ3) is 3.35. The molecule has 11 nitrogen and oxygen atoms in total. The van der Waals surface area contributed by atoms with Crippen molar-refractivity contribution in [1.82, 2.24) is 19.8 Å². The summed E-state index contributed by atoms with van der Waals surface area (Å²) in [6, 6.07) is 3.30. The number of hydrogen-bond acceptors (Lipinski definition) is 8. The molecule has 176 valence electrons. The van der Waals surface area contributed by atoms with E-state index in [1.54, 1.807) is 19.2 Å². The molecule has 3 N–H and O–H groups in total. The van der Waals surface area contributed by atoms with Crippen LogP contribution in [0.15, 0.2) is 18.2 Å². The molecule has 12 heteroatoms. The van der Waals surface area contributed by atoms with Gasteiger partial charge in [-0.2, -0.15) is 4.31 Å². The fraction of sp³-hybridized carbons (Fsp3) is 0.524. The van der Waals surface area contributed by atoms with Gasteiger partial charge in [-0.3, -0.25) is 29.4 Å². The predicted molar refractivity (Wildman–Crippen MR) is 117 cm³/mol. The Hall–Kier alpha value is -2.83. The Morgan fingerprint density at radius 1 is 1.06 bits per heavy atom. The van der Waals surface area contributed by atoms with Gasteiger partial charge in [0, 0.05) is 19.2 Å². The average Bonchev–Trinajstić information content (AvgIpc) is 3.12. The zero-order chi connectivity index (χ0) is 23.5. The van der Waals surface area contributed by atoms with Crippen molar-refractivity contribution in [2.24, 2.45) is 0 Å². The van der Waals surface area contributed by atoms with Gasteiger partial charge in [-0.25, -0.2) is 8.42 Å². The molecule has 4 aliphatic rings. The van der Waals surface area contributed by atoms with Crippen molar-refractivity contribution in [2.45, 2.75) is 43.3 Å². The lowest BCUT2D eigenvalue weighted by Gasteiger charge is -2.42. The minimum Gasteiger partial charge on any atom is -0.379 e. The van der Waals surface area contributed by atoms with Gasteiger partial charge >= 0.3 is 0 Å². The molecule has 3 fully saturated rings. The quantitative estimate of drug-likeness (QED) is 0.485. The van der Waals surface area contributed by atoms with Gasteiger partial charge in [-0.15, -0.1) is 0 Å². The van der Waals surface area contributed by atoms with Crippen molar-refractivity contribution in [3.63, 3.8) is 0 Å². The van der Waals surface area contributed by atoms with Crippen LogP contribution in [-0.4, -0.2) is 84.8 Å². The molecule has 1 aromatic rings. The summed E-state index contributed by atoms with van der Waals surface area (Å²) in [5, 5.41) is 8.75. The summed E-state index contributed by atoms with van der Waals surface area (Å²) < 4.78 is 26.9. The van der Waals surface area contributed by atoms with Crippen molar-refractivity contribution in [1.29, 1.82) is 0 Å². The van der Waals surface area contributed by atoms with E-state index in [-0.39, 0.29) is 35.8 Å². The van der Waals surface area contributed by atoms with E-state index >= 15 is 0 Å². The van der Waals surface area contributed by atoms with Gasteiger partial charge < -0.3 is 10.6 Å². The lowest BCUT2D eigenvalue weighted by Crippen LogP contribution is -2.57. The summed E-state index contributed by atoms with van der Waals surface area (Å²) in [5.74, 6) is -2.32. The topological polar surface area (TPSA) is 145 Å². The van der Waals surface area contributed by atoms with Gasteiger partial charge in [-0.1, -0.05) is 0 Å². The Kier molecular flexibility index (Phi) is 5.07. The number of fused-ring (bicyclic) bond motifs is 1. The Bertz CT molecular complexity index is 1180. The Morgan fingerprint density at radius 2 is 1.76 bits per heavy atom. The van der Waals surface area contributed by atoms with E-state index in [1.807, 2.05) is 0 Å². The van der Waals surface area contributed by atoms with Crippen LogP contribution in [-0.2, 0) is 19.6 Å². The number of carbonyl (C=O) groups excluding carboxylic acids is 4. The number of anilines is 1. The summed E-state index contributed by atoms with van der Waals surface area (Å²) in [7, 11) is -1.81. The van der Waals surface area contributed by atoms with Crippen molar-refractivity contribution < 1.29 is 27.6 Å². The molecule has 0 aliphatic carbocycles. The van der Waals surface area contributed by atoms with Crippen LogP contribution in [0.2, 0.25) is 0 Å². The van der Waals surface area contributed by atoms with Crippen LogP contribution in [0.1, 0.15) is 46.4 Å². The van der Waals surface area contributed by atoms with Crippen molar-refractivity contribution in [2.75, 3.05) is 31.2 Å². The van der Waals surface area contributed by atoms with Crippen molar-refractivity contribution >= 4 is 39.3 Å². The molecule has 2 unspecified atom stereocenters. The maximum Gasteiger partial charge on any atom is 0.262 e. The fourth-order valence-electron chi connectivity index (χ4n) is 5.44. The lowest BCUT2D eigenvalue weighted by molar-refractivity contribution is -0.136. The third-order valence-corrected chi connectivity index (χ3v) is 9.27. The van der Waals surface area contributed by atoms with Crippen LogP contribution >= 0.6 is 0 Å². The number of likely N-dealkylation sites (N-methyl/N-ethyl adjacent to an activating group) is 1. The monoisotopic (exact) mass is 475 g/mol. The minimum absolute atomic E-state index is 0.0528. The van der Waals surface area contributed by atoms with E-state index in [0.717, 1.165) is 4.90 Å². The van der Waals surface area contributed by atoms with Gasteiger partial charge in [0.15, 0.2) is 0 Å². The first-order valence-corrected chi connectivity index (χ1v) is 12.5. The third-order valence-electron chi connectivity index (χ3n) is 7.32. The average molecular weight is 476 g/mol. The molecule has 5 rings (SSSR count). The number of amides is 4. The summed E-state index contributed by atoms with van der Waals surface area (Å²) in [6.45, 7) is 1.41. The lowest BCUT2D eigenvalue weighted by atomic mass is 9.82. The van der Waals surface area contributed by atoms with Crippen LogP contribution in [0.4, 0.5) is 5.69 Å². The van der Waals surface area contributed by atoms with Gasteiger partial charge in [0.1, 0.15) is 6.04 Å². The highest BCUT2D eigenvalue weighted by molar-refractivity contribution is 7.89. The summed E-state index contributed by atoms with van der Waals surface area (Å²) in [6.07, 6.45) is 1.46.